The summed E-state index contributed by atoms with van der Waals surface area (Å²) in [6.45, 7) is 5.55. The predicted octanol–water partition coefficient (Wildman–Crippen LogP) is 2.36. The monoisotopic (exact) mass is 199 g/mol. The van der Waals surface area contributed by atoms with Crippen LogP contribution in [0, 0.1) is 0 Å². The summed E-state index contributed by atoms with van der Waals surface area (Å²) >= 11 is 0. The molecule has 1 heterocycles. The first kappa shape index (κ1) is 11.1. The predicted molar refractivity (Wildman–Crippen MR) is 53.7 cm³/mol. The fraction of sp³-hybridized carbons (Fsp3) is 0.800. The largest absolute Gasteiger partial charge is 0.249 e. The van der Waals surface area contributed by atoms with Crippen LogP contribution in [0.5, 0.6) is 0 Å². The Kier molecular flexibility index (Phi) is 3.24. The number of hydrogen-bond donors (Lipinski definition) is 0. The lowest BCUT2D eigenvalue weighted by molar-refractivity contribution is 0.161. The van der Waals surface area contributed by atoms with E-state index in [0.717, 1.165) is 18.5 Å². The maximum Gasteiger partial charge on any atom is 0.151 e. The highest BCUT2D eigenvalue weighted by atomic mass is 19.1. The van der Waals surface area contributed by atoms with Gasteiger partial charge in [-0.15, -0.1) is 5.10 Å². The molecule has 14 heavy (non-hydrogen) atoms. The van der Waals surface area contributed by atoms with Crippen LogP contribution in [0.1, 0.15) is 45.0 Å². The van der Waals surface area contributed by atoms with E-state index in [0.29, 0.717) is 12.1 Å². The second-order valence-electron chi connectivity index (χ2n) is 3.81. The molecule has 0 saturated heterocycles. The van der Waals surface area contributed by atoms with Gasteiger partial charge >= 0.3 is 0 Å². The SMILES string of the molecule is CCCC(C)(F)c1c(CC)nnn1C. The maximum absolute atomic E-state index is 14.3. The van der Waals surface area contributed by atoms with Crippen molar-refractivity contribution in [3.8, 4) is 0 Å². The van der Waals surface area contributed by atoms with Gasteiger partial charge in [-0.1, -0.05) is 25.5 Å². The molecule has 1 unspecified atom stereocenters. The lowest BCUT2D eigenvalue weighted by Crippen LogP contribution is -2.21. The van der Waals surface area contributed by atoms with Gasteiger partial charge in [-0.05, 0) is 19.8 Å². The summed E-state index contributed by atoms with van der Waals surface area (Å²) in [5, 5.41) is 7.82. The fourth-order valence-electron chi connectivity index (χ4n) is 1.86. The normalized spacial score (nSPS) is 15.5. The van der Waals surface area contributed by atoms with Gasteiger partial charge < -0.3 is 0 Å². The lowest BCUT2D eigenvalue weighted by Gasteiger charge is -2.20. The maximum atomic E-state index is 14.3. The van der Waals surface area contributed by atoms with Gasteiger partial charge in [0.2, 0.25) is 0 Å². The molecule has 1 rings (SSSR count). The van der Waals surface area contributed by atoms with Crippen LogP contribution in [0.25, 0.3) is 0 Å². The summed E-state index contributed by atoms with van der Waals surface area (Å²) in [6.07, 6.45) is 2.06. The Morgan fingerprint density at radius 1 is 1.43 bits per heavy atom. The third kappa shape index (κ3) is 1.94. The van der Waals surface area contributed by atoms with E-state index in [-0.39, 0.29) is 0 Å². The standard InChI is InChI=1S/C10H18FN3/c1-5-7-10(3,11)9-8(6-2)12-13-14(9)4/h5-7H2,1-4H3. The Bertz CT molecular complexity index is 304. The van der Waals surface area contributed by atoms with Crippen LogP contribution in [-0.4, -0.2) is 15.0 Å². The highest BCUT2D eigenvalue weighted by molar-refractivity contribution is 5.17. The summed E-state index contributed by atoms with van der Waals surface area (Å²) in [5.41, 5.74) is 0.0889. The molecule has 0 aliphatic carbocycles. The minimum Gasteiger partial charge on any atom is -0.249 e. The van der Waals surface area contributed by atoms with Crippen LogP contribution in [-0.2, 0) is 19.1 Å². The summed E-state index contributed by atoms with van der Waals surface area (Å²) < 4.78 is 15.8. The molecule has 0 aliphatic rings. The van der Waals surface area contributed by atoms with Crippen molar-refractivity contribution in [2.45, 2.75) is 45.7 Å². The van der Waals surface area contributed by atoms with E-state index in [1.54, 1.807) is 18.7 Å². The Morgan fingerprint density at radius 2 is 2.07 bits per heavy atom. The second kappa shape index (κ2) is 4.07. The van der Waals surface area contributed by atoms with Crippen LogP contribution in [0.15, 0.2) is 0 Å². The van der Waals surface area contributed by atoms with Crippen molar-refractivity contribution in [3.05, 3.63) is 11.4 Å². The number of halogens is 1. The molecule has 0 spiro atoms. The molecule has 0 bridgehead atoms. The highest BCUT2D eigenvalue weighted by Crippen LogP contribution is 2.31. The zero-order valence-corrected chi connectivity index (χ0v) is 9.34. The smallest absolute Gasteiger partial charge is 0.151 e. The molecule has 0 saturated carbocycles. The van der Waals surface area contributed by atoms with Crippen molar-refractivity contribution in [3.63, 3.8) is 0 Å². The van der Waals surface area contributed by atoms with Gasteiger partial charge in [0.1, 0.15) is 0 Å². The molecule has 0 aliphatic heterocycles. The zero-order chi connectivity index (χ0) is 10.8. The Balaban J connectivity index is 3.08. The van der Waals surface area contributed by atoms with Crippen molar-refractivity contribution < 1.29 is 4.39 Å². The van der Waals surface area contributed by atoms with E-state index in [2.05, 4.69) is 10.3 Å². The number of aromatic nitrogens is 3. The van der Waals surface area contributed by atoms with E-state index in [1.165, 1.54) is 0 Å². The van der Waals surface area contributed by atoms with Gasteiger partial charge in [-0.25, -0.2) is 9.07 Å². The summed E-state index contributed by atoms with van der Waals surface area (Å²) in [6, 6.07) is 0. The third-order valence-electron chi connectivity index (χ3n) is 2.44. The van der Waals surface area contributed by atoms with Gasteiger partial charge in [-0.3, -0.25) is 0 Å². The molecular formula is C10H18FN3. The van der Waals surface area contributed by atoms with Gasteiger partial charge in [0, 0.05) is 7.05 Å². The minimum atomic E-state index is -1.31. The summed E-state index contributed by atoms with van der Waals surface area (Å²) in [4.78, 5) is 0. The molecule has 0 aromatic carbocycles. The van der Waals surface area contributed by atoms with Crippen molar-refractivity contribution in [2.24, 2.45) is 7.05 Å². The van der Waals surface area contributed by atoms with E-state index in [1.807, 2.05) is 13.8 Å². The molecule has 0 fully saturated rings. The molecule has 3 nitrogen and oxygen atoms in total. The first-order valence-corrected chi connectivity index (χ1v) is 5.10. The van der Waals surface area contributed by atoms with Gasteiger partial charge in [-0.2, -0.15) is 0 Å². The van der Waals surface area contributed by atoms with Gasteiger partial charge in [0.25, 0.3) is 0 Å². The van der Waals surface area contributed by atoms with Crippen molar-refractivity contribution >= 4 is 0 Å². The molecule has 0 radical (unpaired) electrons. The molecule has 80 valence electrons. The second-order valence-corrected chi connectivity index (χ2v) is 3.81. The van der Waals surface area contributed by atoms with Crippen molar-refractivity contribution in [2.75, 3.05) is 0 Å². The van der Waals surface area contributed by atoms with Crippen LogP contribution >= 0.6 is 0 Å². The first-order chi connectivity index (χ1) is 6.53. The first-order valence-electron chi connectivity index (χ1n) is 5.10. The topological polar surface area (TPSA) is 30.7 Å². The number of hydrogen-bond acceptors (Lipinski definition) is 2. The summed E-state index contributed by atoms with van der Waals surface area (Å²) in [5.74, 6) is 0. The average Bonchev–Trinajstić information content (AvgIpc) is 2.47. The third-order valence-corrected chi connectivity index (χ3v) is 2.44. The Hall–Kier alpha value is -0.930. The van der Waals surface area contributed by atoms with Crippen molar-refractivity contribution in [1.82, 2.24) is 15.0 Å². The average molecular weight is 199 g/mol. The van der Waals surface area contributed by atoms with E-state index in [4.69, 9.17) is 0 Å². The molecule has 0 N–H and O–H groups in total. The van der Waals surface area contributed by atoms with Gasteiger partial charge in [0.05, 0.1) is 11.4 Å². The lowest BCUT2D eigenvalue weighted by atomic mass is 9.96. The molecule has 0 amide bonds. The summed E-state index contributed by atoms with van der Waals surface area (Å²) in [7, 11) is 1.75. The zero-order valence-electron chi connectivity index (χ0n) is 9.34. The van der Waals surface area contributed by atoms with E-state index >= 15 is 0 Å². The quantitative estimate of drug-likeness (QED) is 0.745. The van der Waals surface area contributed by atoms with E-state index < -0.39 is 5.67 Å². The molecular weight excluding hydrogens is 181 g/mol. The van der Waals surface area contributed by atoms with Crippen molar-refractivity contribution in [1.29, 1.82) is 0 Å². The minimum absolute atomic E-state index is 0.515. The number of aryl methyl sites for hydroxylation is 2. The van der Waals surface area contributed by atoms with E-state index in [9.17, 15) is 4.39 Å². The number of rotatable bonds is 4. The number of nitrogens with zero attached hydrogens (tertiary/aromatic N) is 3. The Morgan fingerprint density at radius 3 is 2.57 bits per heavy atom. The van der Waals surface area contributed by atoms with Crippen LogP contribution in [0.2, 0.25) is 0 Å². The highest BCUT2D eigenvalue weighted by Gasteiger charge is 2.31. The Labute approximate surface area is 84.3 Å². The van der Waals surface area contributed by atoms with Crippen LogP contribution in [0.4, 0.5) is 4.39 Å². The number of alkyl halides is 1. The molecule has 1 atom stereocenters. The molecule has 4 heteroatoms. The van der Waals surface area contributed by atoms with Crippen LogP contribution in [0.3, 0.4) is 0 Å². The van der Waals surface area contributed by atoms with Crippen LogP contribution < -0.4 is 0 Å². The molecule has 1 aromatic heterocycles. The fourth-order valence-corrected chi connectivity index (χ4v) is 1.86. The molecule has 1 aromatic rings. The van der Waals surface area contributed by atoms with Gasteiger partial charge in [0.15, 0.2) is 5.67 Å².